The quantitative estimate of drug-likeness (QED) is 0.394. The first-order chi connectivity index (χ1) is 18.3. The van der Waals surface area contributed by atoms with Crippen molar-refractivity contribution in [2.24, 2.45) is 0 Å². The number of fused-ring (bicyclic) bond motifs is 1. The van der Waals surface area contributed by atoms with Gasteiger partial charge in [0.25, 0.3) is 5.91 Å². The van der Waals surface area contributed by atoms with E-state index < -0.39 is 11.7 Å². The van der Waals surface area contributed by atoms with Gasteiger partial charge in [0, 0.05) is 30.9 Å². The topological polar surface area (TPSA) is 56.1 Å². The second-order valence-corrected chi connectivity index (χ2v) is 9.95. The van der Waals surface area contributed by atoms with Gasteiger partial charge in [-0.1, -0.05) is 30.3 Å². The number of anilines is 1. The maximum absolute atomic E-state index is 13.3. The van der Waals surface area contributed by atoms with Crippen molar-refractivity contribution < 1.29 is 18.0 Å². The number of alkyl halides is 3. The van der Waals surface area contributed by atoms with Crippen LogP contribution in [-0.4, -0.2) is 17.4 Å². The number of nitrogens with zero attached hydrogens (tertiary/aromatic N) is 2. The van der Waals surface area contributed by atoms with Crippen molar-refractivity contribution in [3.63, 3.8) is 0 Å². The predicted octanol–water partition coefficient (Wildman–Crippen LogP) is 7.10. The number of hydrogen-bond acceptors (Lipinski definition) is 3. The molecule has 1 N–H and O–H groups in total. The van der Waals surface area contributed by atoms with Crippen LogP contribution in [0.15, 0.2) is 72.3 Å². The van der Waals surface area contributed by atoms with Crippen molar-refractivity contribution >= 4 is 17.2 Å². The number of halogens is 3. The van der Waals surface area contributed by atoms with Crippen molar-refractivity contribution in [2.75, 3.05) is 11.9 Å². The Labute approximate surface area is 220 Å². The van der Waals surface area contributed by atoms with Gasteiger partial charge in [-0.05, 0) is 96.3 Å². The van der Waals surface area contributed by atoms with Gasteiger partial charge in [-0.2, -0.15) is 18.4 Å². The van der Waals surface area contributed by atoms with Gasteiger partial charge in [-0.3, -0.25) is 9.69 Å². The lowest BCUT2D eigenvalue weighted by Crippen LogP contribution is -2.30. The summed E-state index contributed by atoms with van der Waals surface area (Å²) in [6.45, 7) is 2.52. The molecule has 0 unspecified atom stereocenters. The minimum absolute atomic E-state index is 0.183. The highest BCUT2D eigenvalue weighted by molar-refractivity contribution is 6.09. The number of benzene rings is 3. The molecular formula is C31H28F3N3O. The van der Waals surface area contributed by atoms with Crippen LogP contribution >= 0.6 is 0 Å². The first-order valence-electron chi connectivity index (χ1n) is 12.8. The monoisotopic (exact) mass is 515 g/mol. The number of amides is 1. The largest absolute Gasteiger partial charge is 0.416 e. The summed E-state index contributed by atoms with van der Waals surface area (Å²) in [5.74, 6) is -0.183. The number of allylic oxidation sites excluding steroid dienone is 1. The number of nitriles is 1. The highest BCUT2D eigenvalue weighted by Crippen LogP contribution is 2.35. The zero-order valence-corrected chi connectivity index (χ0v) is 20.9. The summed E-state index contributed by atoms with van der Waals surface area (Å²) in [7, 11) is 0. The van der Waals surface area contributed by atoms with Crippen molar-refractivity contribution in [3.05, 3.63) is 106 Å². The number of carbonyl (C=O) groups is 1. The Morgan fingerprint density at radius 2 is 1.66 bits per heavy atom. The van der Waals surface area contributed by atoms with E-state index in [1.807, 2.05) is 36.4 Å². The Morgan fingerprint density at radius 1 is 0.921 bits per heavy atom. The van der Waals surface area contributed by atoms with Crippen LogP contribution in [0.3, 0.4) is 0 Å². The fraction of sp³-hybridized carbons (Fsp3) is 0.290. The van der Waals surface area contributed by atoms with E-state index in [9.17, 15) is 18.0 Å². The summed E-state index contributed by atoms with van der Waals surface area (Å²) in [6, 6.07) is 20.9. The standard InChI is InChI=1S/C31H28F3N3O/c32-31(33,34)26-12-9-23(10-13-26)28-3-1-2-4-29(28)30(38)36-27-14-11-25-20-37(16-15-24(25)17-27)19-22-7-5-21(18-35)6-8-22/h5-14,17H,1-4,15-16,19-20H2,(H,36,38). The van der Waals surface area contributed by atoms with E-state index in [0.717, 1.165) is 62.3 Å². The minimum Gasteiger partial charge on any atom is -0.322 e. The predicted molar refractivity (Wildman–Crippen MR) is 141 cm³/mol. The molecule has 0 spiro atoms. The lowest BCUT2D eigenvalue weighted by atomic mass is 9.86. The van der Waals surface area contributed by atoms with Gasteiger partial charge in [0.05, 0.1) is 17.2 Å². The summed E-state index contributed by atoms with van der Waals surface area (Å²) in [5, 5.41) is 12.0. The Balaban J connectivity index is 1.28. The van der Waals surface area contributed by atoms with Crippen molar-refractivity contribution in [1.82, 2.24) is 4.90 Å². The average molecular weight is 516 g/mol. The SMILES string of the molecule is N#Cc1ccc(CN2CCc3cc(NC(=O)C4=C(c5ccc(C(F)(F)F)cc5)CCCC4)ccc3C2)cc1. The highest BCUT2D eigenvalue weighted by atomic mass is 19.4. The lowest BCUT2D eigenvalue weighted by molar-refractivity contribution is -0.137. The van der Waals surface area contributed by atoms with Crippen LogP contribution in [0, 0.1) is 11.3 Å². The minimum atomic E-state index is -4.38. The molecule has 0 bridgehead atoms. The molecule has 0 saturated carbocycles. The summed E-state index contributed by atoms with van der Waals surface area (Å²) >= 11 is 0. The summed E-state index contributed by atoms with van der Waals surface area (Å²) in [5.41, 5.74) is 6.47. The molecule has 2 aliphatic rings. The molecule has 5 rings (SSSR count). The van der Waals surface area contributed by atoms with Crippen molar-refractivity contribution in [3.8, 4) is 6.07 Å². The van der Waals surface area contributed by atoms with E-state index in [2.05, 4.69) is 22.4 Å². The molecule has 1 amide bonds. The summed E-state index contributed by atoms with van der Waals surface area (Å²) in [6.07, 6.45) is -0.441. The van der Waals surface area contributed by atoms with Gasteiger partial charge >= 0.3 is 6.18 Å². The summed E-state index contributed by atoms with van der Waals surface area (Å²) < 4.78 is 39.0. The van der Waals surface area contributed by atoms with Crippen LogP contribution in [0.1, 0.15) is 59.1 Å². The van der Waals surface area contributed by atoms with Crippen LogP contribution < -0.4 is 5.32 Å². The molecule has 38 heavy (non-hydrogen) atoms. The van der Waals surface area contributed by atoms with Gasteiger partial charge in [0.1, 0.15) is 0 Å². The summed E-state index contributed by atoms with van der Waals surface area (Å²) in [4.78, 5) is 15.6. The Hall–Kier alpha value is -3.89. The van der Waals surface area contributed by atoms with Gasteiger partial charge in [-0.15, -0.1) is 0 Å². The fourth-order valence-electron chi connectivity index (χ4n) is 5.31. The van der Waals surface area contributed by atoms with Crippen LogP contribution in [0.4, 0.5) is 18.9 Å². The molecule has 3 aromatic carbocycles. The normalized spacial score (nSPS) is 16.1. The molecule has 0 atom stereocenters. The average Bonchev–Trinajstić information content (AvgIpc) is 2.93. The van der Waals surface area contributed by atoms with Crippen LogP contribution in [0.25, 0.3) is 5.57 Å². The third-order valence-electron chi connectivity index (χ3n) is 7.35. The van der Waals surface area contributed by atoms with Crippen molar-refractivity contribution in [2.45, 2.75) is 51.4 Å². The number of nitrogens with one attached hydrogen (secondary N) is 1. The highest BCUT2D eigenvalue weighted by Gasteiger charge is 2.30. The number of carbonyl (C=O) groups excluding carboxylic acids is 1. The molecule has 0 saturated heterocycles. The number of hydrogen-bond donors (Lipinski definition) is 1. The molecule has 0 radical (unpaired) electrons. The number of rotatable bonds is 5. The smallest absolute Gasteiger partial charge is 0.322 e. The second-order valence-electron chi connectivity index (χ2n) is 9.95. The first-order valence-corrected chi connectivity index (χ1v) is 12.8. The molecule has 1 aliphatic carbocycles. The Bertz CT molecular complexity index is 1400. The molecule has 0 fully saturated rings. The first kappa shape index (κ1) is 25.7. The molecule has 0 aromatic heterocycles. The van der Waals surface area contributed by atoms with E-state index >= 15 is 0 Å². The van der Waals surface area contributed by atoms with Gasteiger partial charge < -0.3 is 5.32 Å². The third-order valence-corrected chi connectivity index (χ3v) is 7.35. The van der Waals surface area contributed by atoms with Crippen LogP contribution in [-0.2, 0) is 30.5 Å². The van der Waals surface area contributed by atoms with Gasteiger partial charge in [0.15, 0.2) is 0 Å². The maximum atomic E-state index is 13.3. The second kappa shape index (κ2) is 10.8. The molecule has 4 nitrogen and oxygen atoms in total. The van der Waals surface area contributed by atoms with Gasteiger partial charge in [-0.25, -0.2) is 0 Å². The van der Waals surface area contributed by atoms with Crippen molar-refractivity contribution in [1.29, 1.82) is 5.26 Å². The zero-order valence-electron chi connectivity index (χ0n) is 20.9. The van der Waals surface area contributed by atoms with E-state index in [0.29, 0.717) is 29.5 Å². The van der Waals surface area contributed by atoms with Gasteiger partial charge in [0.2, 0.25) is 0 Å². The fourth-order valence-corrected chi connectivity index (χ4v) is 5.31. The zero-order chi connectivity index (χ0) is 26.7. The Morgan fingerprint density at radius 3 is 2.37 bits per heavy atom. The van der Waals surface area contributed by atoms with E-state index in [4.69, 9.17) is 5.26 Å². The van der Waals surface area contributed by atoms with Crippen LogP contribution in [0.5, 0.6) is 0 Å². The molecule has 7 heteroatoms. The maximum Gasteiger partial charge on any atom is 0.416 e. The Kier molecular flexibility index (Phi) is 7.35. The lowest BCUT2D eigenvalue weighted by Gasteiger charge is -2.29. The molecular weight excluding hydrogens is 487 g/mol. The van der Waals surface area contributed by atoms with E-state index in [-0.39, 0.29) is 5.91 Å². The molecule has 1 aliphatic heterocycles. The van der Waals surface area contributed by atoms with Crippen LogP contribution in [0.2, 0.25) is 0 Å². The van der Waals surface area contributed by atoms with E-state index in [1.165, 1.54) is 28.8 Å². The molecule has 194 valence electrons. The molecule has 3 aromatic rings. The third kappa shape index (κ3) is 5.81. The molecule has 1 heterocycles. The van der Waals surface area contributed by atoms with E-state index in [1.54, 1.807) is 0 Å².